The van der Waals surface area contributed by atoms with Crippen LogP contribution in [0.3, 0.4) is 0 Å². The second-order valence-corrected chi connectivity index (χ2v) is 14.1. The van der Waals surface area contributed by atoms with Crippen molar-refractivity contribution in [3.63, 3.8) is 0 Å². The SMILES string of the molecule is CCC(C)[C@H](NC(=O)[C@@]1(NC(=O)[C@H](C(C)CC)N(Cc2cc(Cl)cc(Cl)c2)C(=O)O)CCc2[nH]c3c(Cl)cc(Cl)cc3c2C1)C(N)=O. The predicted molar refractivity (Wildman–Crippen MR) is 185 cm³/mol. The van der Waals surface area contributed by atoms with Crippen molar-refractivity contribution >= 4 is 81.1 Å². The van der Waals surface area contributed by atoms with Crippen molar-refractivity contribution in [2.75, 3.05) is 0 Å². The van der Waals surface area contributed by atoms with Gasteiger partial charge in [-0.1, -0.05) is 86.9 Å². The quantitative estimate of drug-likeness (QED) is 0.140. The molecule has 0 fully saturated rings. The Morgan fingerprint density at radius 2 is 1.60 bits per heavy atom. The lowest BCUT2D eigenvalue weighted by Crippen LogP contribution is -2.67. The van der Waals surface area contributed by atoms with Gasteiger partial charge in [0.1, 0.15) is 17.6 Å². The van der Waals surface area contributed by atoms with Gasteiger partial charge in [0.15, 0.2) is 0 Å². The third-order valence-corrected chi connectivity index (χ3v) is 10.2. The van der Waals surface area contributed by atoms with Gasteiger partial charge in [-0.25, -0.2) is 4.79 Å². The van der Waals surface area contributed by atoms with Crippen molar-refractivity contribution in [1.82, 2.24) is 20.5 Å². The maximum Gasteiger partial charge on any atom is 0.408 e. The van der Waals surface area contributed by atoms with Gasteiger partial charge in [0.25, 0.3) is 0 Å². The largest absolute Gasteiger partial charge is 0.465 e. The van der Waals surface area contributed by atoms with E-state index in [1.54, 1.807) is 38.1 Å². The Kier molecular flexibility index (Phi) is 11.6. The van der Waals surface area contributed by atoms with Crippen LogP contribution in [0.4, 0.5) is 4.79 Å². The molecule has 3 aromatic rings. The first-order valence-corrected chi connectivity index (χ1v) is 17.0. The van der Waals surface area contributed by atoms with E-state index in [0.717, 1.165) is 16.2 Å². The maximum atomic E-state index is 14.4. The highest BCUT2D eigenvalue weighted by Gasteiger charge is 2.47. The van der Waals surface area contributed by atoms with Gasteiger partial charge in [0.2, 0.25) is 17.7 Å². The highest BCUT2D eigenvalue weighted by atomic mass is 35.5. The molecule has 2 aromatic carbocycles. The fraction of sp³-hybridized carbons (Fsp3) is 0.455. The molecule has 1 heterocycles. The Bertz CT molecular complexity index is 1680. The Morgan fingerprint density at radius 3 is 2.17 bits per heavy atom. The van der Waals surface area contributed by atoms with Gasteiger partial charge < -0.3 is 26.5 Å². The topological polar surface area (TPSA) is 158 Å². The number of aryl methyl sites for hydroxylation is 1. The molecule has 2 unspecified atom stereocenters. The van der Waals surface area contributed by atoms with Crippen molar-refractivity contribution in [3.05, 3.63) is 67.2 Å². The van der Waals surface area contributed by atoms with Crippen LogP contribution in [0.15, 0.2) is 30.3 Å². The number of benzene rings is 2. The van der Waals surface area contributed by atoms with Gasteiger partial charge in [-0.15, -0.1) is 0 Å². The molecule has 0 saturated heterocycles. The minimum absolute atomic E-state index is 0.0206. The van der Waals surface area contributed by atoms with E-state index in [1.807, 2.05) is 13.8 Å². The first kappa shape index (κ1) is 36.7. The molecule has 1 aliphatic rings. The summed E-state index contributed by atoms with van der Waals surface area (Å²) in [7, 11) is 0. The van der Waals surface area contributed by atoms with Gasteiger partial charge in [-0.2, -0.15) is 0 Å². The highest BCUT2D eigenvalue weighted by Crippen LogP contribution is 2.38. The average molecular weight is 728 g/mol. The molecular weight excluding hydrogens is 688 g/mol. The average Bonchev–Trinajstić information content (AvgIpc) is 3.35. The number of halogens is 4. The van der Waals surface area contributed by atoms with Crippen LogP contribution >= 0.6 is 46.4 Å². The summed E-state index contributed by atoms with van der Waals surface area (Å²) in [6, 6.07) is 5.85. The molecule has 254 valence electrons. The number of nitrogens with two attached hydrogens (primary N) is 1. The molecule has 1 aliphatic carbocycles. The van der Waals surface area contributed by atoms with Gasteiger partial charge in [0.05, 0.1) is 10.5 Å². The number of amides is 4. The molecule has 4 rings (SSSR count). The first-order valence-electron chi connectivity index (χ1n) is 15.5. The smallest absolute Gasteiger partial charge is 0.408 e. The van der Waals surface area contributed by atoms with E-state index in [4.69, 9.17) is 52.1 Å². The molecule has 0 aliphatic heterocycles. The Morgan fingerprint density at radius 1 is 0.979 bits per heavy atom. The van der Waals surface area contributed by atoms with Gasteiger partial charge >= 0.3 is 6.09 Å². The molecule has 14 heteroatoms. The van der Waals surface area contributed by atoms with Gasteiger partial charge in [0, 0.05) is 39.1 Å². The van der Waals surface area contributed by atoms with Crippen LogP contribution in [-0.2, 0) is 33.8 Å². The summed E-state index contributed by atoms with van der Waals surface area (Å²) in [4.78, 5) is 58.4. The van der Waals surface area contributed by atoms with E-state index < -0.39 is 47.4 Å². The van der Waals surface area contributed by atoms with Crippen molar-refractivity contribution in [1.29, 1.82) is 0 Å². The normalized spacial score (nSPS) is 18.5. The number of fused-ring (bicyclic) bond motifs is 3. The number of carbonyl (C=O) groups is 4. The monoisotopic (exact) mass is 725 g/mol. The number of hydrogen-bond acceptors (Lipinski definition) is 4. The lowest BCUT2D eigenvalue weighted by atomic mass is 9.78. The molecule has 0 spiro atoms. The highest BCUT2D eigenvalue weighted by molar-refractivity contribution is 6.38. The molecule has 6 N–H and O–H groups in total. The van der Waals surface area contributed by atoms with Crippen LogP contribution in [0.2, 0.25) is 20.1 Å². The van der Waals surface area contributed by atoms with E-state index in [0.29, 0.717) is 55.8 Å². The number of nitrogens with zero attached hydrogens (tertiary/aromatic N) is 1. The molecule has 0 radical (unpaired) electrons. The molecule has 0 bridgehead atoms. The van der Waals surface area contributed by atoms with Crippen LogP contribution in [-0.4, -0.2) is 56.4 Å². The first-order chi connectivity index (χ1) is 22.1. The number of carbonyl (C=O) groups excluding carboxylic acids is 3. The predicted octanol–water partition coefficient (Wildman–Crippen LogP) is 6.74. The Labute approximate surface area is 293 Å². The van der Waals surface area contributed by atoms with Crippen LogP contribution in [0, 0.1) is 11.8 Å². The Balaban J connectivity index is 1.80. The summed E-state index contributed by atoms with van der Waals surface area (Å²) in [5.41, 5.74) is 6.83. The van der Waals surface area contributed by atoms with Crippen LogP contribution in [0.1, 0.15) is 63.8 Å². The fourth-order valence-corrected chi connectivity index (χ4v) is 7.37. The van der Waals surface area contributed by atoms with Crippen molar-refractivity contribution in [2.24, 2.45) is 17.6 Å². The van der Waals surface area contributed by atoms with Crippen LogP contribution < -0.4 is 16.4 Å². The Hall–Kier alpha value is -3.18. The summed E-state index contributed by atoms with van der Waals surface area (Å²) >= 11 is 25.2. The lowest BCUT2D eigenvalue weighted by molar-refractivity contribution is -0.139. The van der Waals surface area contributed by atoms with E-state index >= 15 is 0 Å². The van der Waals surface area contributed by atoms with E-state index in [-0.39, 0.29) is 25.3 Å². The number of carboxylic acid groups (broad SMARTS) is 1. The van der Waals surface area contributed by atoms with Crippen molar-refractivity contribution < 1.29 is 24.3 Å². The number of H-pyrrole nitrogens is 1. The molecule has 5 atom stereocenters. The lowest BCUT2D eigenvalue weighted by Gasteiger charge is -2.41. The zero-order valence-electron chi connectivity index (χ0n) is 26.6. The third kappa shape index (κ3) is 7.94. The van der Waals surface area contributed by atoms with Crippen LogP contribution in [0.5, 0.6) is 0 Å². The molecular formula is C33H39Cl4N5O5. The minimum atomic E-state index is -1.58. The van der Waals surface area contributed by atoms with E-state index in [2.05, 4.69) is 15.6 Å². The number of rotatable bonds is 12. The van der Waals surface area contributed by atoms with E-state index in [1.165, 1.54) is 6.07 Å². The third-order valence-electron chi connectivity index (χ3n) is 9.21. The van der Waals surface area contributed by atoms with Crippen molar-refractivity contribution in [3.8, 4) is 0 Å². The standard InChI is InChI=1S/C33H39Cl4N5O5/c1-5-16(3)26(29(38)43)40-31(45)33(8-7-25-23(14-33)22-12-21(36)13-24(37)27(22)39-25)41-30(44)28(17(4)6-2)42(32(46)47)15-18-9-19(34)11-20(35)10-18/h9-13,16-17,26,28,39H,5-8,14-15H2,1-4H3,(H2,38,43)(H,40,45)(H,41,44)(H,46,47)/t16?,17?,26-,28-,33+/m0/s1. The summed E-state index contributed by atoms with van der Waals surface area (Å²) in [6.45, 7) is 7.11. The van der Waals surface area contributed by atoms with Gasteiger partial charge in [-0.05, 0) is 66.1 Å². The van der Waals surface area contributed by atoms with Crippen molar-refractivity contribution in [2.45, 2.75) is 84.0 Å². The van der Waals surface area contributed by atoms with Crippen LogP contribution in [0.25, 0.3) is 10.9 Å². The molecule has 0 saturated carbocycles. The minimum Gasteiger partial charge on any atom is -0.465 e. The molecule has 10 nitrogen and oxygen atoms in total. The summed E-state index contributed by atoms with van der Waals surface area (Å²) in [6.07, 6.45) is 0.191. The number of nitrogens with one attached hydrogen (secondary N) is 3. The van der Waals surface area contributed by atoms with E-state index in [9.17, 15) is 24.3 Å². The number of primary amides is 1. The number of hydrogen-bond donors (Lipinski definition) is 5. The maximum absolute atomic E-state index is 14.4. The zero-order valence-corrected chi connectivity index (χ0v) is 29.6. The van der Waals surface area contributed by atoms with Gasteiger partial charge in [-0.3, -0.25) is 19.3 Å². The zero-order chi connectivity index (χ0) is 34.8. The molecule has 4 amide bonds. The number of aromatic amines is 1. The molecule has 1 aromatic heterocycles. The number of aromatic nitrogens is 1. The summed E-state index contributed by atoms with van der Waals surface area (Å²) in [5, 5.41) is 18.3. The molecule has 47 heavy (non-hydrogen) atoms. The summed E-state index contributed by atoms with van der Waals surface area (Å²) in [5.74, 6) is -2.71. The fourth-order valence-electron chi connectivity index (χ4n) is 6.26. The second-order valence-electron chi connectivity index (χ2n) is 12.4. The second kappa shape index (κ2) is 14.9. The summed E-state index contributed by atoms with van der Waals surface area (Å²) < 4.78 is 0.